The van der Waals surface area contributed by atoms with Crippen LogP contribution < -0.4 is 0 Å². The number of nitrogens with zero attached hydrogens (tertiary/aromatic N) is 1. The number of benzene rings is 2. The van der Waals surface area contributed by atoms with E-state index in [4.69, 9.17) is 4.74 Å². The summed E-state index contributed by atoms with van der Waals surface area (Å²) in [7, 11) is -3.84. The summed E-state index contributed by atoms with van der Waals surface area (Å²) in [5.74, 6) is -0.264. The molecule has 0 saturated heterocycles. The van der Waals surface area contributed by atoms with Gasteiger partial charge in [0.25, 0.3) is 10.0 Å². The molecule has 3 rings (SSSR count). The molecule has 0 aliphatic heterocycles. The number of rotatable bonds is 5. The lowest BCUT2D eigenvalue weighted by Gasteiger charge is -2.11. The quantitative estimate of drug-likeness (QED) is 0.775. The van der Waals surface area contributed by atoms with Crippen molar-refractivity contribution in [2.75, 3.05) is 0 Å². The van der Waals surface area contributed by atoms with Gasteiger partial charge >= 0.3 is 0 Å². The van der Waals surface area contributed by atoms with Crippen LogP contribution in [-0.2, 0) is 26.2 Å². The summed E-state index contributed by atoms with van der Waals surface area (Å²) in [5.41, 5.74) is 1.05. The zero-order chi connectivity index (χ0) is 17.7. The van der Waals surface area contributed by atoms with E-state index in [0.717, 1.165) is 5.56 Å². The van der Waals surface area contributed by atoms with Gasteiger partial charge in [-0.05, 0) is 29.8 Å². The Labute approximate surface area is 146 Å². The molecular weight excluding hydrogens is 338 g/mol. The monoisotopic (exact) mass is 353 g/mol. The minimum Gasteiger partial charge on any atom is -0.485 e. The minimum atomic E-state index is -3.84. The van der Waals surface area contributed by atoms with Gasteiger partial charge in [0.2, 0.25) is 5.78 Å². The SMILES string of the molecule is O=C1C=C/C(=N\S(=O)(=O)c2ccccc2)C=C1OCc1ccccc1. The van der Waals surface area contributed by atoms with E-state index in [1.54, 1.807) is 18.2 Å². The molecule has 0 aromatic heterocycles. The lowest BCUT2D eigenvalue weighted by molar-refractivity contribution is -0.114. The Kier molecular flexibility index (Phi) is 4.90. The van der Waals surface area contributed by atoms with Crippen molar-refractivity contribution < 1.29 is 17.9 Å². The maximum atomic E-state index is 12.3. The first kappa shape index (κ1) is 16.9. The van der Waals surface area contributed by atoms with Gasteiger partial charge in [-0.3, -0.25) is 4.79 Å². The second-order valence-electron chi connectivity index (χ2n) is 5.28. The van der Waals surface area contributed by atoms with Crippen molar-refractivity contribution in [1.82, 2.24) is 0 Å². The topological polar surface area (TPSA) is 72.8 Å². The molecule has 0 saturated carbocycles. The number of ether oxygens (including phenoxy) is 1. The van der Waals surface area contributed by atoms with E-state index in [9.17, 15) is 13.2 Å². The summed E-state index contributed by atoms with van der Waals surface area (Å²) >= 11 is 0. The van der Waals surface area contributed by atoms with E-state index < -0.39 is 10.0 Å². The Bertz CT molecular complexity index is 959. The van der Waals surface area contributed by atoms with Gasteiger partial charge in [-0.25, -0.2) is 0 Å². The molecule has 2 aromatic rings. The van der Waals surface area contributed by atoms with Crippen LogP contribution in [0.1, 0.15) is 5.56 Å². The fourth-order valence-electron chi connectivity index (χ4n) is 2.19. The van der Waals surface area contributed by atoms with Crippen LogP contribution in [0.15, 0.2) is 93.9 Å². The molecule has 0 amide bonds. The van der Waals surface area contributed by atoms with Crippen molar-refractivity contribution in [3.8, 4) is 0 Å². The van der Waals surface area contributed by atoms with Gasteiger partial charge in [0, 0.05) is 6.08 Å². The molecule has 6 heteroatoms. The number of hydrogen-bond donors (Lipinski definition) is 0. The van der Waals surface area contributed by atoms with Gasteiger partial charge < -0.3 is 4.74 Å². The Balaban J connectivity index is 1.81. The van der Waals surface area contributed by atoms with Crippen LogP contribution in [0.3, 0.4) is 0 Å². The summed E-state index contributed by atoms with van der Waals surface area (Å²) in [4.78, 5) is 12.0. The third kappa shape index (κ3) is 4.30. The largest absolute Gasteiger partial charge is 0.485 e. The molecule has 5 nitrogen and oxygen atoms in total. The standard InChI is InChI=1S/C19H15NO4S/c21-18-12-11-16(20-25(22,23)17-9-5-2-6-10-17)13-19(18)24-14-15-7-3-1-4-8-15/h1-13H,14H2/b20-16+. The van der Waals surface area contributed by atoms with Crippen LogP contribution in [0, 0.1) is 0 Å². The van der Waals surface area contributed by atoms with Crippen LogP contribution in [0.5, 0.6) is 0 Å². The van der Waals surface area contributed by atoms with Crippen LogP contribution >= 0.6 is 0 Å². The first-order chi connectivity index (χ1) is 12.0. The molecule has 0 atom stereocenters. The normalized spacial score (nSPS) is 15.9. The van der Waals surface area contributed by atoms with E-state index in [1.165, 1.54) is 30.4 Å². The van der Waals surface area contributed by atoms with E-state index in [0.29, 0.717) is 0 Å². The molecule has 126 valence electrons. The van der Waals surface area contributed by atoms with E-state index >= 15 is 0 Å². The molecule has 25 heavy (non-hydrogen) atoms. The van der Waals surface area contributed by atoms with Crippen LogP contribution in [-0.4, -0.2) is 19.9 Å². The second-order valence-corrected chi connectivity index (χ2v) is 6.89. The Morgan fingerprint density at radius 2 is 1.52 bits per heavy atom. The molecule has 0 unspecified atom stereocenters. The molecule has 0 fully saturated rings. The summed E-state index contributed by atoms with van der Waals surface area (Å²) in [6.45, 7) is 0.213. The van der Waals surface area contributed by atoms with Crippen molar-refractivity contribution in [2.24, 2.45) is 4.40 Å². The molecule has 0 heterocycles. The van der Waals surface area contributed by atoms with Gasteiger partial charge in [0.1, 0.15) is 6.61 Å². The fraction of sp³-hybridized carbons (Fsp3) is 0.0526. The predicted molar refractivity (Wildman–Crippen MR) is 94.5 cm³/mol. The predicted octanol–water partition coefficient (Wildman–Crippen LogP) is 3.06. The smallest absolute Gasteiger partial charge is 0.282 e. The minimum absolute atomic E-state index is 0.0633. The average molecular weight is 353 g/mol. The lowest BCUT2D eigenvalue weighted by Crippen LogP contribution is -2.12. The van der Waals surface area contributed by atoms with Gasteiger partial charge in [-0.1, -0.05) is 48.5 Å². The van der Waals surface area contributed by atoms with Gasteiger partial charge in [0.15, 0.2) is 5.76 Å². The van der Waals surface area contributed by atoms with Gasteiger partial charge in [-0.2, -0.15) is 12.8 Å². The number of allylic oxidation sites excluding steroid dienone is 3. The number of sulfonamides is 1. The number of carbonyl (C=O) groups excluding carboxylic acids is 1. The molecule has 0 bridgehead atoms. The number of ketones is 1. The third-order valence-corrected chi connectivity index (χ3v) is 4.75. The maximum Gasteiger partial charge on any atom is 0.282 e. The fourth-order valence-corrected chi connectivity index (χ4v) is 3.18. The molecule has 1 aliphatic carbocycles. The molecule has 0 spiro atoms. The summed E-state index contributed by atoms with van der Waals surface area (Å²) in [6, 6.07) is 17.3. The van der Waals surface area contributed by atoms with Crippen molar-refractivity contribution in [3.05, 3.63) is 90.2 Å². The van der Waals surface area contributed by atoms with Gasteiger partial charge in [-0.15, -0.1) is 0 Å². The second kappa shape index (κ2) is 7.27. The molecule has 0 radical (unpaired) electrons. The lowest BCUT2D eigenvalue weighted by atomic mass is 10.1. The highest BCUT2D eigenvalue weighted by Crippen LogP contribution is 2.16. The van der Waals surface area contributed by atoms with E-state index in [-0.39, 0.29) is 28.8 Å². The molecule has 0 N–H and O–H groups in total. The van der Waals surface area contributed by atoms with Crippen molar-refractivity contribution in [3.63, 3.8) is 0 Å². The highest BCUT2D eigenvalue weighted by molar-refractivity contribution is 7.90. The Morgan fingerprint density at radius 3 is 2.20 bits per heavy atom. The Hall–Kier alpha value is -2.99. The number of hydrogen-bond acceptors (Lipinski definition) is 4. The highest BCUT2D eigenvalue weighted by atomic mass is 32.2. The zero-order valence-electron chi connectivity index (χ0n) is 13.2. The van der Waals surface area contributed by atoms with Crippen LogP contribution in [0.25, 0.3) is 0 Å². The van der Waals surface area contributed by atoms with Crippen molar-refractivity contribution in [1.29, 1.82) is 0 Å². The van der Waals surface area contributed by atoms with Gasteiger partial charge in [0.05, 0.1) is 10.6 Å². The maximum absolute atomic E-state index is 12.3. The summed E-state index contributed by atoms with van der Waals surface area (Å²) in [6.07, 6.45) is 3.95. The third-order valence-electron chi connectivity index (χ3n) is 3.43. The Morgan fingerprint density at radius 1 is 0.880 bits per heavy atom. The molecule has 2 aromatic carbocycles. The molecule has 1 aliphatic rings. The summed E-state index contributed by atoms with van der Waals surface area (Å²) < 4.78 is 33.9. The zero-order valence-corrected chi connectivity index (χ0v) is 14.0. The molecular formula is C19H15NO4S. The first-order valence-corrected chi connectivity index (χ1v) is 8.99. The van der Waals surface area contributed by atoms with E-state index in [2.05, 4.69) is 4.40 Å². The van der Waals surface area contributed by atoms with Crippen LogP contribution in [0.2, 0.25) is 0 Å². The summed E-state index contributed by atoms with van der Waals surface area (Å²) in [5, 5.41) is 0. The highest BCUT2D eigenvalue weighted by Gasteiger charge is 2.17. The average Bonchev–Trinajstić information content (AvgIpc) is 2.63. The van der Waals surface area contributed by atoms with Crippen LogP contribution in [0.4, 0.5) is 0 Å². The number of carbonyl (C=O) groups is 1. The van der Waals surface area contributed by atoms with Crippen molar-refractivity contribution >= 4 is 21.5 Å². The van der Waals surface area contributed by atoms with E-state index in [1.807, 2.05) is 30.3 Å². The first-order valence-electron chi connectivity index (χ1n) is 7.55. The van der Waals surface area contributed by atoms with Crippen molar-refractivity contribution in [2.45, 2.75) is 11.5 Å².